The van der Waals surface area contributed by atoms with Gasteiger partial charge in [0.1, 0.15) is 17.0 Å². The van der Waals surface area contributed by atoms with E-state index in [-0.39, 0.29) is 5.91 Å². The van der Waals surface area contributed by atoms with Crippen molar-refractivity contribution in [3.05, 3.63) is 53.5 Å². The van der Waals surface area contributed by atoms with Crippen LogP contribution in [-0.2, 0) is 12.1 Å². The summed E-state index contributed by atoms with van der Waals surface area (Å²) in [6.07, 6.45) is 3.32. The second kappa shape index (κ2) is 7.43. The van der Waals surface area contributed by atoms with Gasteiger partial charge in [-0.2, -0.15) is 10.4 Å². The third kappa shape index (κ3) is 3.48. The van der Waals surface area contributed by atoms with Crippen LogP contribution in [0.4, 0.5) is 5.69 Å². The largest absolute Gasteiger partial charge is 0.497 e. The first kappa shape index (κ1) is 20.4. The number of aryl methyl sites for hydroxylation is 1. The number of nitriles is 1. The molecule has 4 rings (SSSR count). The zero-order valence-corrected chi connectivity index (χ0v) is 18.1. The van der Waals surface area contributed by atoms with Crippen LogP contribution in [0, 0.1) is 18.3 Å². The maximum atomic E-state index is 13.1. The summed E-state index contributed by atoms with van der Waals surface area (Å²) in [5.74, 6) is 1.21. The van der Waals surface area contributed by atoms with Gasteiger partial charge in [0.25, 0.3) is 5.91 Å². The summed E-state index contributed by atoms with van der Waals surface area (Å²) in [6, 6.07) is 9.68. The van der Waals surface area contributed by atoms with Gasteiger partial charge in [-0.05, 0) is 44.5 Å². The molecule has 0 aliphatic carbocycles. The lowest BCUT2D eigenvalue weighted by molar-refractivity contribution is 0.0996. The van der Waals surface area contributed by atoms with Gasteiger partial charge in [0.2, 0.25) is 0 Å². The summed E-state index contributed by atoms with van der Waals surface area (Å²) in [4.78, 5) is 19.6. The molecule has 1 aliphatic heterocycles. The molecule has 0 fully saturated rings. The molecule has 31 heavy (non-hydrogen) atoms. The topological polar surface area (TPSA) is 93.3 Å². The Balaban J connectivity index is 1.72. The number of fused-ring (bicyclic) bond motifs is 1. The summed E-state index contributed by atoms with van der Waals surface area (Å²) in [5, 5.41) is 13.6. The van der Waals surface area contributed by atoms with Gasteiger partial charge in [0.15, 0.2) is 0 Å². The molecule has 0 bridgehead atoms. The van der Waals surface area contributed by atoms with E-state index in [2.05, 4.69) is 11.2 Å². The second-order valence-corrected chi connectivity index (χ2v) is 7.95. The predicted molar refractivity (Wildman–Crippen MR) is 115 cm³/mol. The fourth-order valence-corrected chi connectivity index (χ4v) is 3.62. The minimum Gasteiger partial charge on any atom is -0.497 e. The van der Waals surface area contributed by atoms with Crippen LogP contribution in [0.3, 0.4) is 0 Å². The van der Waals surface area contributed by atoms with Gasteiger partial charge >= 0.3 is 0 Å². The Morgan fingerprint density at radius 2 is 1.81 bits per heavy atom. The molecule has 1 aliphatic rings. The highest BCUT2D eigenvalue weighted by Crippen LogP contribution is 2.34. The Morgan fingerprint density at radius 3 is 2.42 bits per heavy atom. The quantitative estimate of drug-likeness (QED) is 0.629. The zero-order valence-electron chi connectivity index (χ0n) is 18.1. The summed E-state index contributed by atoms with van der Waals surface area (Å²) in [5.41, 5.74) is 3.57. The Kier molecular flexibility index (Phi) is 4.90. The number of methoxy groups -OCH3 is 2. The van der Waals surface area contributed by atoms with Crippen molar-refractivity contribution in [3.63, 3.8) is 0 Å². The Bertz CT molecular complexity index is 1200. The number of rotatable bonds is 5. The first-order chi connectivity index (χ1) is 14.8. The van der Waals surface area contributed by atoms with Gasteiger partial charge in [-0.1, -0.05) is 0 Å². The minimum absolute atomic E-state index is 0.121. The third-order valence-corrected chi connectivity index (χ3v) is 5.43. The zero-order chi connectivity index (χ0) is 22.3. The highest BCUT2D eigenvalue weighted by atomic mass is 16.5. The van der Waals surface area contributed by atoms with E-state index in [9.17, 15) is 10.1 Å². The van der Waals surface area contributed by atoms with Gasteiger partial charge in [-0.15, -0.1) is 0 Å². The highest BCUT2D eigenvalue weighted by Gasteiger charge is 2.33. The van der Waals surface area contributed by atoms with Crippen molar-refractivity contribution in [3.8, 4) is 28.8 Å². The molecule has 0 spiro atoms. The molecule has 3 heterocycles. The number of nitrogens with zero attached hydrogens (tertiary/aromatic N) is 5. The predicted octanol–water partition coefficient (Wildman–Crippen LogP) is 3.69. The molecule has 0 saturated carbocycles. The molecule has 0 unspecified atom stereocenters. The third-order valence-electron chi connectivity index (χ3n) is 5.43. The van der Waals surface area contributed by atoms with Crippen LogP contribution in [0.1, 0.15) is 35.5 Å². The number of benzene rings is 1. The van der Waals surface area contributed by atoms with Crippen LogP contribution in [0.2, 0.25) is 0 Å². The molecule has 0 saturated heterocycles. The van der Waals surface area contributed by atoms with E-state index in [1.165, 1.54) is 0 Å². The molecule has 3 aromatic rings. The number of aromatic nitrogens is 3. The van der Waals surface area contributed by atoms with Crippen molar-refractivity contribution < 1.29 is 14.3 Å². The normalized spacial score (nSPS) is 13.2. The highest BCUT2D eigenvalue weighted by molar-refractivity contribution is 6.10. The summed E-state index contributed by atoms with van der Waals surface area (Å²) in [6.45, 7) is 5.78. The maximum absolute atomic E-state index is 13.1. The molecule has 2 aromatic heterocycles. The molecule has 0 N–H and O–H groups in total. The van der Waals surface area contributed by atoms with Gasteiger partial charge in [0.05, 0.1) is 61.9 Å². The van der Waals surface area contributed by atoms with E-state index >= 15 is 0 Å². The lowest BCUT2D eigenvalue weighted by atomic mass is 10.0. The Hall–Kier alpha value is -3.86. The van der Waals surface area contributed by atoms with Crippen LogP contribution in [0.5, 0.6) is 11.5 Å². The van der Waals surface area contributed by atoms with Crippen molar-refractivity contribution in [1.29, 1.82) is 5.26 Å². The maximum Gasteiger partial charge on any atom is 0.260 e. The molecule has 1 aromatic carbocycles. The van der Waals surface area contributed by atoms with Crippen LogP contribution in [-0.4, -0.2) is 34.9 Å². The first-order valence-electron chi connectivity index (χ1n) is 9.79. The Morgan fingerprint density at radius 1 is 1.13 bits per heavy atom. The van der Waals surface area contributed by atoms with Gasteiger partial charge in [-0.25, -0.2) is 0 Å². The van der Waals surface area contributed by atoms with Crippen molar-refractivity contribution >= 4 is 11.6 Å². The van der Waals surface area contributed by atoms with Gasteiger partial charge < -0.3 is 9.47 Å². The van der Waals surface area contributed by atoms with E-state index < -0.39 is 5.54 Å². The monoisotopic (exact) mass is 417 g/mol. The summed E-state index contributed by atoms with van der Waals surface area (Å²) >= 11 is 0. The first-order valence-corrected chi connectivity index (χ1v) is 9.79. The fraction of sp³-hybridized carbons (Fsp3) is 0.304. The molecule has 0 radical (unpaired) electrons. The standard InChI is InChI=1S/C23H23N5O3/c1-14-6-19(15-7-17(30-4)9-18(8-15)31-5)26-20-12-27(22(29)21(14)20)16-10-25-28(11-16)23(2,3)13-24/h6-11H,12H2,1-5H3. The number of anilines is 1. The van der Waals surface area contributed by atoms with Crippen LogP contribution in [0.25, 0.3) is 11.3 Å². The molecule has 158 valence electrons. The number of carbonyl (C=O) groups excluding carboxylic acids is 1. The number of hydrogen-bond donors (Lipinski definition) is 0. The number of pyridine rings is 1. The van der Waals surface area contributed by atoms with Crippen LogP contribution in [0.15, 0.2) is 36.7 Å². The molecule has 0 atom stereocenters. The van der Waals surface area contributed by atoms with Gasteiger partial charge in [-0.3, -0.25) is 19.4 Å². The van der Waals surface area contributed by atoms with E-state index in [0.29, 0.717) is 35.0 Å². The number of carbonyl (C=O) groups is 1. The van der Waals surface area contributed by atoms with Crippen molar-refractivity contribution in [1.82, 2.24) is 14.8 Å². The second-order valence-electron chi connectivity index (χ2n) is 7.95. The number of amides is 1. The van der Waals surface area contributed by atoms with Crippen molar-refractivity contribution in [2.75, 3.05) is 19.1 Å². The van der Waals surface area contributed by atoms with E-state index in [0.717, 1.165) is 16.8 Å². The molecular weight excluding hydrogens is 394 g/mol. The molecule has 8 heteroatoms. The van der Waals surface area contributed by atoms with Crippen LogP contribution < -0.4 is 14.4 Å². The lowest BCUT2D eigenvalue weighted by Gasteiger charge is -2.16. The fourth-order valence-electron chi connectivity index (χ4n) is 3.62. The number of hydrogen-bond acceptors (Lipinski definition) is 6. The van der Waals surface area contributed by atoms with E-state index in [1.807, 2.05) is 25.1 Å². The number of ether oxygens (including phenoxy) is 2. The van der Waals surface area contributed by atoms with Crippen molar-refractivity contribution in [2.24, 2.45) is 0 Å². The average Bonchev–Trinajstić information content (AvgIpc) is 3.38. The molecular formula is C23H23N5O3. The Labute approximate surface area is 180 Å². The van der Waals surface area contributed by atoms with E-state index in [1.54, 1.807) is 56.1 Å². The molecule has 1 amide bonds. The lowest BCUT2D eigenvalue weighted by Crippen LogP contribution is -2.25. The van der Waals surface area contributed by atoms with E-state index in [4.69, 9.17) is 14.5 Å². The SMILES string of the molecule is COc1cc(OC)cc(-c2cc(C)c3c(n2)CN(c2cnn(C(C)(C)C#N)c2)C3=O)c1. The smallest absolute Gasteiger partial charge is 0.260 e. The molecule has 8 nitrogen and oxygen atoms in total. The van der Waals surface area contributed by atoms with Gasteiger partial charge in [0, 0.05) is 11.6 Å². The average molecular weight is 417 g/mol. The van der Waals surface area contributed by atoms with Crippen molar-refractivity contribution in [2.45, 2.75) is 32.9 Å². The summed E-state index contributed by atoms with van der Waals surface area (Å²) in [7, 11) is 3.20. The van der Waals surface area contributed by atoms with Crippen LogP contribution >= 0.6 is 0 Å². The summed E-state index contributed by atoms with van der Waals surface area (Å²) < 4.78 is 12.3. The minimum atomic E-state index is -0.805.